The highest BCUT2D eigenvalue weighted by molar-refractivity contribution is 6.36. The lowest BCUT2D eigenvalue weighted by Crippen LogP contribution is -2.31. The van der Waals surface area contributed by atoms with E-state index in [1.54, 1.807) is 49.6 Å². The molecule has 0 aliphatic heterocycles. The number of anilines is 2. The van der Waals surface area contributed by atoms with Crippen LogP contribution in [0.5, 0.6) is 5.75 Å². The summed E-state index contributed by atoms with van der Waals surface area (Å²) in [6, 6.07) is 11.9. The fraction of sp³-hybridized carbons (Fsp3) is 0.222. The van der Waals surface area contributed by atoms with Gasteiger partial charge in [-0.15, -0.1) is 0 Å². The molecule has 1 N–H and O–H groups in total. The summed E-state index contributed by atoms with van der Waals surface area (Å²) in [4.78, 5) is 25.6. The first-order valence-electron chi connectivity index (χ1n) is 7.57. The number of carbonyl (C=O) groups excluding carboxylic acids is 2. The third-order valence-corrected chi connectivity index (χ3v) is 4.08. The lowest BCUT2D eigenvalue weighted by atomic mass is 10.2. The van der Waals surface area contributed by atoms with Crippen molar-refractivity contribution in [2.45, 2.75) is 13.3 Å². The molecule has 25 heavy (non-hydrogen) atoms. The Labute approximate surface area is 156 Å². The van der Waals surface area contributed by atoms with Crippen LogP contribution in [0.4, 0.5) is 11.4 Å². The van der Waals surface area contributed by atoms with E-state index in [1.807, 2.05) is 0 Å². The molecule has 7 heteroatoms. The highest BCUT2D eigenvalue weighted by Gasteiger charge is 2.14. The molecule has 0 aliphatic carbocycles. The Hall–Kier alpha value is -2.24. The van der Waals surface area contributed by atoms with E-state index in [0.29, 0.717) is 27.2 Å². The fourth-order valence-electron chi connectivity index (χ4n) is 2.25. The molecule has 0 saturated carbocycles. The Morgan fingerprint density at radius 2 is 1.80 bits per heavy atom. The standard InChI is InChI=1S/C18H18Cl2N2O3/c1-12(23)22(14-4-6-15(25-2)7-5-14)10-9-18(24)21-17-8-3-13(19)11-16(17)20/h3-8,11H,9-10H2,1-2H3,(H,21,24). The molecule has 2 rings (SSSR count). The molecule has 0 fully saturated rings. The lowest BCUT2D eigenvalue weighted by molar-refractivity contribution is -0.117. The zero-order chi connectivity index (χ0) is 18.4. The van der Waals surface area contributed by atoms with Crippen LogP contribution in [0.3, 0.4) is 0 Å². The van der Waals surface area contributed by atoms with Crippen LogP contribution in [-0.4, -0.2) is 25.5 Å². The third-order valence-electron chi connectivity index (χ3n) is 3.53. The number of hydrogen-bond acceptors (Lipinski definition) is 3. The summed E-state index contributed by atoms with van der Waals surface area (Å²) in [7, 11) is 1.57. The Balaban J connectivity index is 2.00. The van der Waals surface area contributed by atoms with E-state index >= 15 is 0 Å². The monoisotopic (exact) mass is 380 g/mol. The van der Waals surface area contributed by atoms with Gasteiger partial charge in [0.05, 0.1) is 17.8 Å². The first-order valence-corrected chi connectivity index (χ1v) is 8.33. The smallest absolute Gasteiger partial charge is 0.226 e. The molecule has 2 aromatic rings. The van der Waals surface area contributed by atoms with Gasteiger partial charge in [-0.3, -0.25) is 9.59 Å². The minimum atomic E-state index is -0.246. The molecule has 0 unspecified atom stereocenters. The Bertz CT molecular complexity index is 763. The van der Waals surface area contributed by atoms with Crippen LogP contribution in [0.1, 0.15) is 13.3 Å². The number of amides is 2. The van der Waals surface area contributed by atoms with E-state index in [9.17, 15) is 9.59 Å². The second kappa shape index (κ2) is 8.74. The summed E-state index contributed by atoms with van der Waals surface area (Å²) >= 11 is 11.9. The molecule has 0 atom stereocenters. The minimum absolute atomic E-state index is 0.130. The van der Waals surface area contributed by atoms with E-state index < -0.39 is 0 Å². The Kier molecular flexibility index (Phi) is 6.67. The van der Waals surface area contributed by atoms with Gasteiger partial charge in [-0.1, -0.05) is 23.2 Å². The van der Waals surface area contributed by atoms with Gasteiger partial charge in [0.1, 0.15) is 5.75 Å². The summed E-state index contributed by atoms with van der Waals surface area (Å²) in [5.41, 5.74) is 1.18. The average Bonchev–Trinajstić information content (AvgIpc) is 2.58. The van der Waals surface area contributed by atoms with Crippen molar-refractivity contribution < 1.29 is 14.3 Å². The van der Waals surface area contributed by atoms with Crippen LogP contribution in [0.15, 0.2) is 42.5 Å². The maximum Gasteiger partial charge on any atom is 0.226 e. The van der Waals surface area contributed by atoms with Gasteiger partial charge in [-0.2, -0.15) is 0 Å². The number of nitrogens with zero attached hydrogens (tertiary/aromatic N) is 1. The van der Waals surface area contributed by atoms with Gasteiger partial charge in [0.2, 0.25) is 11.8 Å². The number of halogens is 2. The van der Waals surface area contributed by atoms with Gasteiger partial charge >= 0.3 is 0 Å². The lowest BCUT2D eigenvalue weighted by Gasteiger charge is -2.21. The molecule has 0 spiro atoms. The second-order valence-corrected chi connectivity index (χ2v) is 6.13. The number of hydrogen-bond donors (Lipinski definition) is 1. The van der Waals surface area contributed by atoms with Crippen molar-refractivity contribution in [1.29, 1.82) is 0 Å². The van der Waals surface area contributed by atoms with Crippen LogP contribution in [0.2, 0.25) is 10.0 Å². The molecule has 0 radical (unpaired) electrons. The molecule has 5 nitrogen and oxygen atoms in total. The summed E-state index contributed by atoms with van der Waals surface area (Å²) in [6.07, 6.45) is 0.130. The predicted octanol–water partition coefficient (Wildman–Crippen LogP) is 4.38. The maximum absolute atomic E-state index is 12.1. The Morgan fingerprint density at radius 3 is 2.36 bits per heavy atom. The quantitative estimate of drug-likeness (QED) is 0.808. The first kappa shape index (κ1) is 19.1. The van der Waals surface area contributed by atoms with Gasteiger partial charge in [-0.25, -0.2) is 0 Å². The van der Waals surface area contributed by atoms with Gasteiger partial charge < -0.3 is 15.0 Å². The number of methoxy groups -OCH3 is 1. The van der Waals surface area contributed by atoms with Gasteiger partial charge in [-0.05, 0) is 42.5 Å². The minimum Gasteiger partial charge on any atom is -0.497 e. The van der Waals surface area contributed by atoms with Crippen molar-refractivity contribution >= 4 is 46.4 Å². The normalized spacial score (nSPS) is 10.2. The summed E-state index contributed by atoms with van der Waals surface area (Å²) in [5.74, 6) is 0.300. The molecule has 0 saturated heterocycles. The van der Waals surface area contributed by atoms with E-state index in [-0.39, 0.29) is 24.8 Å². The maximum atomic E-state index is 12.1. The van der Waals surface area contributed by atoms with Gasteiger partial charge in [0.15, 0.2) is 0 Å². The summed E-state index contributed by atoms with van der Waals surface area (Å²) in [6.45, 7) is 1.71. The largest absolute Gasteiger partial charge is 0.497 e. The number of benzene rings is 2. The number of carbonyl (C=O) groups is 2. The third kappa shape index (κ3) is 5.37. The highest BCUT2D eigenvalue weighted by Crippen LogP contribution is 2.25. The molecule has 0 aromatic heterocycles. The van der Waals surface area contributed by atoms with Gasteiger partial charge in [0.25, 0.3) is 0 Å². The highest BCUT2D eigenvalue weighted by atomic mass is 35.5. The number of ether oxygens (including phenoxy) is 1. The van der Waals surface area contributed by atoms with Crippen molar-refractivity contribution in [3.05, 3.63) is 52.5 Å². The predicted molar refractivity (Wildman–Crippen MR) is 101 cm³/mol. The van der Waals surface area contributed by atoms with E-state index in [4.69, 9.17) is 27.9 Å². The van der Waals surface area contributed by atoms with Crippen molar-refractivity contribution in [3.63, 3.8) is 0 Å². The summed E-state index contributed by atoms with van der Waals surface area (Å²) < 4.78 is 5.10. The molecular weight excluding hydrogens is 363 g/mol. The topological polar surface area (TPSA) is 58.6 Å². The molecule has 0 aliphatic rings. The van der Waals surface area contributed by atoms with Crippen LogP contribution >= 0.6 is 23.2 Å². The van der Waals surface area contributed by atoms with E-state index in [1.165, 1.54) is 11.8 Å². The Morgan fingerprint density at radius 1 is 1.12 bits per heavy atom. The molecular formula is C18H18Cl2N2O3. The molecule has 132 valence electrons. The van der Waals surface area contributed by atoms with Crippen molar-refractivity contribution in [2.75, 3.05) is 23.9 Å². The van der Waals surface area contributed by atoms with Crippen molar-refractivity contribution in [3.8, 4) is 5.75 Å². The first-order chi connectivity index (χ1) is 11.9. The molecule has 2 aromatic carbocycles. The summed E-state index contributed by atoms with van der Waals surface area (Å²) in [5, 5.41) is 3.57. The van der Waals surface area contributed by atoms with Gasteiger partial charge in [0, 0.05) is 30.6 Å². The van der Waals surface area contributed by atoms with Crippen LogP contribution in [-0.2, 0) is 9.59 Å². The van der Waals surface area contributed by atoms with E-state index in [0.717, 1.165) is 0 Å². The van der Waals surface area contributed by atoms with Crippen molar-refractivity contribution in [1.82, 2.24) is 0 Å². The molecule has 0 heterocycles. The van der Waals surface area contributed by atoms with Crippen LogP contribution in [0.25, 0.3) is 0 Å². The van der Waals surface area contributed by atoms with Crippen molar-refractivity contribution in [2.24, 2.45) is 0 Å². The zero-order valence-corrected chi connectivity index (χ0v) is 15.4. The fourth-order valence-corrected chi connectivity index (χ4v) is 2.70. The average molecular weight is 381 g/mol. The number of rotatable bonds is 6. The second-order valence-electron chi connectivity index (χ2n) is 5.29. The SMILES string of the molecule is COc1ccc(N(CCC(=O)Nc2ccc(Cl)cc2Cl)C(C)=O)cc1. The zero-order valence-electron chi connectivity index (χ0n) is 13.9. The van der Waals surface area contributed by atoms with Crippen LogP contribution in [0, 0.1) is 0 Å². The van der Waals surface area contributed by atoms with Crippen LogP contribution < -0.4 is 15.0 Å². The van der Waals surface area contributed by atoms with E-state index in [2.05, 4.69) is 5.32 Å². The molecule has 0 bridgehead atoms. The number of nitrogens with one attached hydrogen (secondary N) is 1. The molecule has 2 amide bonds.